The Labute approximate surface area is 111 Å². The Bertz CT molecular complexity index is 656. The van der Waals surface area contributed by atoms with Crippen LogP contribution in [-0.4, -0.2) is 10.2 Å². The lowest BCUT2D eigenvalue weighted by molar-refractivity contribution is 0.466. The minimum atomic E-state index is 0.00709. The highest BCUT2D eigenvalue weighted by atomic mass is 32.2. The number of nitrogens with zero attached hydrogens (tertiary/aromatic N) is 4. The summed E-state index contributed by atoms with van der Waals surface area (Å²) in [5, 5.41) is 26.7. The number of hydrogen-bond donors (Lipinski definition) is 0. The van der Waals surface area contributed by atoms with E-state index >= 15 is 0 Å². The van der Waals surface area contributed by atoms with Crippen LogP contribution in [-0.2, 0) is 0 Å². The van der Waals surface area contributed by atoms with Crippen LogP contribution in [0.1, 0.15) is 10.8 Å². The number of rotatable bonds is 3. The van der Waals surface area contributed by atoms with Gasteiger partial charge < -0.3 is 4.42 Å². The maximum atomic E-state index is 8.63. The molecule has 88 valence electrons. The van der Waals surface area contributed by atoms with E-state index in [2.05, 4.69) is 10.2 Å². The van der Waals surface area contributed by atoms with Crippen molar-refractivity contribution in [1.82, 2.24) is 10.2 Å². The highest BCUT2D eigenvalue weighted by Crippen LogP contribution is 2.31. The van der Waals surface area contributed by atoms with Crippen molar-refractivity contribution in [2.45, 2.75) is 16.4 Å². The summed E-state index contributed by atoms with van der Waals surface area (Å²) < 4.78 is 6.24. The molecule has 0 saturated heterocycles. The summed E-state index contributed by atoms with van der Waals surface area (Å²) in [6, 6.07) is 7.01. The standard InChI is InChI=1S/C11H6N4OS2/c1-7-14-15-11(17-7)18-10-3-2-9(16-10)4-8(5-12)6-13/h2-4H,1H3. The molecular weight excluding hydrogens is 268 g/mol. The molecule has 0 aromatic carbocycles. The Balaban J connectivity index is 2.15. The normalized spacial score (nSPS) is 9.50. The molecule has 0 radical (unpaired) electrons. The fraction of sp³-hybridized carbons (Fsp3) is 0.0909. The van der Waals surface area contributed by atoms with E-state index in [1.54, 1.807) is 24.3 Å². The van der Waals surface area contributed by atoms with E-state index in [0.717, 1.165) is 9.35 Å². The maximum absolute atomic E-state index is 8.63. The van der Waals surface area contributed by atoms with E-state index in [0.29, 0.717) is 10.9 Å². The van der Waals surface area contributed by atoms with Crippen molar-refractivity contribution < 1.29 is 4.42 Å². The highest BCUT2D eigenvalue weighted by molar-refractivity contribution is 8.00. The van der Waals surface area contributed by atoms with Gasteiger partial charge in [-0.15, -0.1) is 10.2 Å². The molecule has 0 aliphatic rings. The summed E-state index contributed by atoms with van der Waals surface area (Å²) in [7, 11) is 0. The van der Waals surface area contributed by atoms with Gasteiger partial charge in [0.25, 0.3) is 0 Å². The molecule has 2 rings (SSSR count). The summed E-state index contributed by atoms with van der Waals surface area (Å²) >= 11 is 2.83. The van der Waals surface area contributed by atoms with E-state index in [1.165, 1.54) is 29.2 Å². The van der Waals surface area contributed by atoms with Crippen molar-refractivity contribution in [3.63, 3.8) is 0 Å². The molecule has 2 heterocycles. The SMILES string of the molecule is Cc1nnc(Sc2ccc(C=C(C#N)C#N)o2)s1. The van der Waals surface area contributed by atoms with Gasteiger partial charge in [0.2, 0.25) is 0 Å². The molecule has 0 bridgehead atoms. The average molecular weight is 274 g/mol. The lowest BCUT2D eigenvalue weighted by atomic mass is 10.3. The van der Waals surface area contributed by atoms with E-state index in [9.17, 15) is 0 Å². The summed E-state index contributed by atoms with van der Waals surface area (Å²) in [6.07, 6.45) is 1.40. The summed E-state index contributed by atoms with van der Waals surface area (Å²) in [4.78, 5) is 0. The van der Waals surface area contributed by atoms with Crippen LogP contribution < -0.4 is 0 Å². The fourth-order valence-electron chi connectivity index (χ4n) is 1.10. The highest BCUT2D eigenvalue weighted by Gasteiger charge is 2.07. The monoisotopic (exact) mass is 274 g/mol. The lowest BCUT2D eigenvalue weighted by Gasteiger charge is -1.89. The van der Waals surface area contributed by atoms with Gasteiger partial charge in [-0.3, -0.25) is 0 Å². The molecule has 0 aliphatic carbocycles. The molecule has 0 aliphatic heterocycles. The van der Waals surface area contributed by atoms with Crippen LogP contribution in [0, 0.1) is 29.6 Å². The second-order valence-electron chi connectivity index (χ2n) is 3.13. The van der Waals surface area contributed by atoms with Gasteiger partial charge in [-0.2, -0.15) is 10.5 Å². The Kier molecular flexibility index (Phi) is 3.78. The second kappa shape index (κ2) is 5.50. The van der Waals surface area contributed by atoms with Crippen LogP contribution in [0.15, 0.2) is 31.6 Å². The first kappa shape index (κ1) is 12.4. The van der Waals surface area contributed by atoms with Gasteiger partial charge in [-0.1, -0.05) is 11.3 Å². The predicted octanol–water partition coefficient (Wildman–Crippen LogP) is 3.02. The number of hydrogen-bond acceptors (Lipinski definition) is 7. The zero-order chi connectivity index (χ0) is 13.0. The number of furan rings is 1. The predicted molar refractivity (Wildman–Crippen MR) is 66.7 cm³/mol. The number of nitriles is 2. The summed E-state index contributed by atoms with van der Waals surface area (Å²) in [5.41, 5.74) is 0.00709. The molecule has 5 nitrogen and oxygen atoms in total. The van der Waals surface area contributed by atoms with Crippen LogP contribution in [0.2, 0.25) is 0 Å². The first-order chi connectivity index (χ1) is 8.71. The van der Waals surface area contributed by atoms with Gasteiger partial charge in [0.05, 0.1) is 0 Å². The smallest absolute Gasteiger partial charge is 0.181 e. The van der Waals surface area contributed by atoms with Crippen molar-refractivity contribution in [1.29, 1.82) is 10.5 Å². The summed E-state index contributed by atoms with van der Waals surface area (Å²) in [5.74, 6) is 0.469. The molecule has 0 unspecified atom stereocenters. The molecular formula is C11H6N4OS2. The van der Waals surface area contributed by atoms with Gasteiger partial charge in [-0.05, 0) is 30.8 Å². The Morgan fingerprint density at radius 1 is 1.39 bits per heavy atom. The third kappa shape index (κ3) is 2.98. The van der Waals surface area contributed by atoms with Crippen LogP contribution in [0.5, 0.6) is 0 Å². The Morgan fingerprint density at radius 3 is 2.78 bits per heavy atom. The zero-order valence-electron chi connectivity index (χ0n) is 9.25. The van der Waals surface area contributed by atoms with E-state index in [-0.39, 0.29) is 5.57 Å². The van der Waals surface area contributed by atoms with Gasteiger partial charge in [0, 0.05) is 6.08 Å². The van der Waals surface area contributed by atoms with Crippen molar-refractivity contribution in [2.75, 3.05) is 0 Å². The molecule has 0 atom stereocenters. The van der Waals surface area contributed by atoms with Gasteiger partial charge >= 0.3 is 0 Å². The maximum Gasteiger partial charge on any atom is 0.181 e. The van der Waals surface area contributed by atoms with Gasteiger partial charge in [-0.25, -0.2) is 0 Å². The quantitative estimate of drug-likeness (QED) is 0.799. The third-order valence-corrected chi connectivity index (χ3v) is 3.64. The van der Waals surface area contributed by atoms with Crippen molar-refractivity contribution in [3.8, 4) is 12.1 Å². The van der Waals surface area contributed by atoms with Crippen molar-refractivity contribution in [2.24, 2.45) is 0 Å². The van der Waals surface area contributed by atoms with Crippen LogP contribution in [0.25, 0.3) is 6.08 Å². The molecule has 0 spiro atoms. The molecule has 7 heteroatoms. The average Bonchev–Trinajstić information content (AvgIpc) is 2.96. The lowest BCUT2D eigenvalue weighted by Crippen LogP contribution is -1.71. The van der Waals surface area contributed by atoms with Crippen molar-refractivity contribution in [3.05, 3.63) is 28.5 Å². The zero-order valence-corrected chi connectivity index (χ0v) is 10.9. The topological polar surface area (TPSA) is 86.5 Å². The minimum Gasteiger partial charge on any atom is -0.450 e. The first-order valence-corrected chi connectivity index (χ1v) is 6.44. The largest absolute Gasteiger partial charge is 0.450 e. The second-order valence-corrected chi connectivity index (χ2v) is 5.56. The molecule has 2 aromatic heterocycles. The minimum absolute atomic E-state index is 0.00709. The molecule has 0 fully saturated rings. The fourth-order valence-corrected chi connectivity index (χ4v) is 2.82. The molecule has 0 amide bonds. The van der Waals surface area contributed by atoms with Crippen molar-refractivity contribution >= 4 is 29.2 Å². The van der Waals surface area contributed by atoms with E-state index < -0.39 is 0 Å². The van der Waals surface area contributed by atoms with Crippen LogP contribution in [0.4, 0.5) is 0 Å². The Morgan fingerprint density at radius 2 is 2.17 bits per heavy atom. The van der Waals surface area contributed by atoms with Gasteiger partial charge in [0.15, 0.2) is 9.43 Å². The number of allylic oxidation sites excluding steroid dienone is 1. The van der Waals surface area contributed by atoms with E-state index in [1.807, 2.05) is 6.92 Å². The van der Waals surface area contributed by atoms with Gasteiger partial charge in [0.1, 0.15) is 28.5 Å². The first-order valence-electron chi connectivity index (χ1n) is 4.81. The molecule has 2 aromatic rings. The molecule has 18 heavy (non-hydrogen) atoms. The van der Waals surface area contributed by atoms with Crippen LogP contribution in [0.3, 0.4) is 0 Å². The van der Waals surface area contributed by atoms with Crippen LogP contribution >= 0.6 is 23.1 Å². The number of aromatic nitrogens is 2. The number of aryl methyl sites for hydroxylation is 1. The molecule has 0 saturated carbocycles. The summed E-state index contributed by atoms with van der Waals surface area (Å²) in [6.45, 7) is 1.88. The third-order valence-electron chi connectivity index (χ3n) is 1.83. The Hall–Kier alpha value is -2.09. The molecule has 0 N–H and O–H groups in total. The van der Waals surface area contributed by atoms with E-state index in [4.69, 9.17) is 14.9 Å².